The third kappa shape index (κ3) is 2.35. The van der Waals surface area contributed by atoms with Gasteiger partial charge in [0.05, 0.1) is 0 Å². The molecule has 1 nitrogen and oxygen atoms in total. The number of hydrogen-bond acceptors (Lipinski definition) is 1. The van der Waals surface area contributed by atoms with Crippen LogP contribution >= 0.6 is 0 Å². The van der Waals surface area contributed by atoms with E-state index in [0.717, 1.165) is 6.42 Å². The summed E-state index contributed by atoms with van der Waals surface area (Å²) in [5.74, 6) is 0.641. The quantitative estimate of drug-likeness (QED) is 0.621. The number of hydrogen-bond donors (Lipinski definition) is 1. The monoisotopic (exact) mass is 129 g/mol. The minimum atomic E-state index is 0.0503. The Morgan fingerprint density at radius 3 is 2.00 bits per heavy atom. The highest BCUT2D eigenvalue weighted by Gasteiger charge is 2.21. The van der Waals surface area contributed by atoms with Crippen LogP contribution in [0.25, 0.3) is 0 Å². The first-order valence-corrected chi connectivity index (χ1v) is 3.83. The molecule has 2 N–H and O–H groups in total. The SMILES string of the molecule is CCC(C)[C@](C)(N)CC. The van der Waals surface area contributed by atoms with Crippen LogP contribution in [0.3, 0.4) is 0 Å². The molecular formula is C8H19N. The van der Waals surface area contributed by atoms with Crippen molar-refractivity contribution in [2.24, 2.45) is 11.7 Å². The lowest BCUT2D eigenvalue weighted by Crippen LogP contribution is -2.41. The number of nitrogens with two attached hydrogens (primary N) is 1. The molecule has 0 bridgehead atoms. The van der Waals surface area contributed by atoms with Gasteiger partial charge in [-0.3, -0.25) is 0 Å². The van der Waals surface area contributed by atoms with Crippen molar-refractivity contribution in [3.8, 4) is 0 Å². The van der Waals surface area contributed by atoms with E-state index in [1.54, 1.807) is 0 Å². The second kappa shape index (κ2) is 3.21. The van der Waals surface area contributed by atoms with E-state index in [1.165, 1.54) is 6.42 Å². The van der Waals surface area contributed by atoms with E-state index in [-0.39, 0.29) is 5.54 Å². The van der Waals surface area contributed by atoms with Crippen LogP contribution in [0.15, 0.2) is 0 Å². The highest BCUT2D eigenvalue weighted by atomic mass is 14.7. The Bertz CT molecular complexity index is 76.6. The molecule has 0 aliphatic rings. The summed E-state index contributed by atoms with van der Waals surface area (Å²) in [5.41, 5.74) is 6.02. The van der Waals surface area contributed by atoms with Gasteiger partial charge in [-0.1, -0.05) is 27.2 Å². The largest absolute Gasteiger partial charge is 0.325 e. The van der Waals surface area contributed by atoms with Gasteiger partial charge in [0.2, 0.25) is 0 Å². The van der Waals surface area contributed by atoms with Crippen molar-refractivity contribution < 1.29 is 0 Å². The predicted octanol–water partition coefficient (Wildman–Crippen LogP) is 2.16. The average Bonchev–Trinajstić information content (AvgIpc) is 1.86. The van der Waals surface area contributed by atoms with E-state index in [4.69, 9.17) is 5.73 Å². The van der Waals surface area contributed by atoms with Gasteiger partial charge in [-0.25, -0.2) is 0 Å². The summed E-state index contributed by atoms with van der Waals surface area (Å²) in [6.45, 7) is 8.67. The molecular weight excluding hydrogens is 110 g/mol. The Hall–Kier alpha value is -0.0400. The molecule has 1 heteroatoms. The molecule has 0 saturated heterocycles. The Labute approximate surface area is 58.6 Å². The van der Waals surface area contributed by atoms with Gasteiger partial charge in [-0.2, -0.15) is 0 Å². The second-order valence-electron chi connectivity index (χ2n) is 3.17. The molecule has 0 spiro atoms. The molecule has 2 atom stereocenters. The van der Waals surface area contributed by atoms with Crippen LogP contribution in [0.1, 0.15) is 40.5 Å². The fourth-order valence-corrected chi connectivity index (χ4v) is 0.815. The highest BCUT2D eigenvalue weighted by molar-refractivity contribution is 4.81. The smallest absolute Gasteiger partial charge is 0.0148 e. The van der Waals surface area contributed by atoms with E-state index < -0.39 is 0 Å². The molecule has 0 aliphatic heterocycles. The average molecular weight is 129 g/mol. The fraction of sp³-hybridized carbons (Fsp3) is 1.00. The second-order valence-corrected chi connectivity index (χ2v) is 3.17. The Morgan fingerprint density at radius 1 is 1.44 bits per heavy atom. The molecule has 1 unspecified atom stereocenters. The normalized spacial score (nSPS) is 21.0. The van der Waals surface area contributed by atoms with E-state index in [0.29, 0.717) is 5.92 Å². The maximum atomic E-state index is 5.97. The third-order valence-electron chi connectivity index (χ3n) is 2.50. The van der Waals surface area contributed by atoms with Gasteiger partial charge in [-0.05, 0) is 19.3 Å². The zero-order valence-electron chi connectivity index (χ0n) is 7.07. The topological polar surface area (TPSA) is 26.0 Å². The van der Waals surface area contributed by atoms with Crippen molar-refractivity contribution in [2.75, 3.05) is 0 Å². The molecule has 0 aromatic rings. The van der Waals surface area contributed by atoms with Crippen molar-refractivity contribution in [1.82, 2.24) is 0 Å². The first-order chi connectivity index (χ1) is 4.04. The van der Waals surface area contributed by atoms with Gasteiger partial charge >= 0.3 is 0 Å². The van der Waals surface area contributed by atoms with Crippen molar-refractivity contribution in [2.45, 2.75) is 46.1 Å². The van der Waals surface area contributed by atoms with Crippen LogP contribution in [-0.2, 0) is 0 Å². The van der Waals surface area contributed by atoms with E-state index in [1.807, 2.05) is 0 Å². The minimum absolute atomic E-state index is 0.0503. The highest BCUT2D eigenvalue weighted by Crippen LogP contribution is 2.19. The molecule has 0 rings (SSSR count). The van der Waals surface area contributed by atoms with E-state index >= 15 is 0 Å². The van der Waals surface area contributed by atoms with E-state index in [9.17, 15) is 0 Å². The van der Waals surface area contributed by atoms with Crippen LogP contribution in [0.5, 0.6) is 0 Å². The van der Waals surface area contributed by atoms with Crippen LogP contribution in [0.2, 0.25) is 0 Å². The molecule has 0 saturated carbocycles. The first kappa shape index (κ1) is 8.96. The summed E-state index contributed by atoms with van der Waals surface area (Å²) in [6, 6.07) is 0. The van der Waals surface area contributed by atoms with Gasteiger partial charge in [-0.15, -0.1) is 0 Å². The molecule has 9 heavy (non-hydrogen) atoms. The molecule has 0 amide bonds. The molecule has 56 valence electrons. The summed E-state index contributed by atoms with van der Waals surface area (Å²) in [6.07, 6.45) is 2.25. The molecule has 0 aromatic heterocycles. The lowest BCUT2D eigenvalue weighted by Gasteiger charge is -2.29. The standard InChI is InChI=1S/C8H19N/c1-5-7(3)8(4,9)6-2/h7H,5-6,9H2,1-4H3/t7?,8-/m1/s1. The fourth-order valence-electron chi connectivity index (χ4n) is 0.815. The molecule has 0 heterocycles. The molecule has 0 aliphatic carbocycles. The third-order valence-corrected chi connectivity index (χ3v) is 2.50. The van der Waals surface area contributed by atoms with Gasteiger partial charge < -0.3 is 5.73 Å². The maximum Gasteiger partial charge on any atom is 0.0148 e. The zero-order chi connectivity index (χ0) is 7.49. The van der Waals surface area contributed by atoms with Crippen molar-refractivity contribution in [3.63, 3.8) is 0 Å². The minimum Gasteiger partial charge on any atom is -0.325 e. The summed E-state index contributed by atoms with van der Waals surface area (Å²) in [5, 5.41) is 0. The lowest BCUT2D eigenvalue weighted by molar-refractivity contribution is 0.299. The van der Waals surface area contributed by atoms with Gasteiger partial charge in [0.25, 0.3) is 0 Å². The van der Waals surface area contributed by atoms with Crippen LogP contribution in [0, 0.1) is 5.92 Å². The number of rotatable bonds is 3. The summed E-state index contributed by atoms with van der Waals surface area (Å²) in [7, 11) is 0. The Kier molecular flexibility index (Phi) is 3.20. The van der Waals surface area contributed by atoms with Crippen LogP contribution in [-0.4, -0.2) is 5.54 Å². The van der Waals surface area contributed by atoms with Crippen molar-refractivity contribution in [1.29, 1.82) is 0 Å². The first-order valence-electron chi connectivity index (χ1n) is 3.83. The Balaban J connectivity index is 3.80. The Morgan fingerprint density at radius 2 is 1.89 bits per heavy atom. The maximum absolute atomic E-state index is 5.97. The molecule has 0 aromatic carbocycles. The van der Waals surface area contributed by atoms with Gasteiger partial charge in [0.15, 0.2) is 0 Å². The molecule has 0 radical (unpaired) electrons. The van der Waals surface area contributed by atoms with E-state index in [2.05, 4.69) is 27.7 Å². The summed E-state index contributed by atoms with van der Waals surface area (Å²) >= 11 is 0. The van der Waals surface area contributed by atoms with Gasteiger partial charge in [0.1, 0.15) is 0 Å². The summed E-state index contributed by atoms with van der Waals surface area (Å²) < 4.78 is 0. The van der Waals surface area contributed by atoms with Gasteiger partial charge in [0, 0.05) is 5.54 Å². The van der Waals surface area contributed by atoms with Crippen LogP contribution in [0.4, 0.5) is 0 Å². The predicted molar refractivity (Wildman–Crippen MR) is 42.3 cm³/mol. The molecule has 0 fully saturated rings. The van der Waals surface area contributed by atoms with Crippen LogP contribution < -0.4 is 5.73 Å². The van der Waals surface area contributed by atoms with Crippen molar-refractivity contribution in [3.05, 3.63) is 0 Å². The zero-order valence-corrected chi connectivity index (χ0v) is 7.07. The van der Waals surface area contributed by atoms with Crippen molar-refractivity contribution >= 4 is 0 Å². The summed E-state index contributed by atoms with van der Waals surface area (Å²) in [4.78, 5) is 0. The lowest BCUT2D eigenvalue weighted by atomic mass is 9.84.